The molecule has 2 aromatic carbocycles. The van der Waals surface area contributed by atoms with Gasteiger partial charge in [0, 0.05) is 5.69 Å². The molecule has 2 N–H and O–H groups in total. The number of aryl methyl sites for hydroxylation is 2. The van der Waals surface area contributed by atoms with Gasteiger partial charge in [-0.2, -0.15) is 0 Å². The van der Waals surface area contributed by atoms with Crippen LogP contribution in [0.4, 0.5) is 5.69 Å². The summed E-state index contributed by atoms with van der Waals surface area (Å²) in [6.07, 6.45) is 4.00. The van der Waals surface area contributed by atoms with Crippen molar-refractivity contribution in [3.63, 3.8) is 0 Å². The van der Waals surface area contributed by atoms with Gasteiger partial charge >= 0.3 is 0 Å². The molecule has 0 radical (unpaired) electrons. The fourth-order valence-corrected chi connectivity index (χ4v) is 5.05. The van der Waals surface area contributed by atoms with Gasteiger partial charge in [0.2, 0.25) is 15.7 Å². The summed E-state index contributed by atoms with van der Waals surface area (Å²) < 4.78 is 25.8. The molecule has 0 atom stereocenters. The summed E-state index contributed by atoms with van der Waals surface area (Å²) in [6, 6.07) is 12.2. The molecule has 0 aliphatic heterocycles. The lowest BCUT2D eigenvalue weighted by Gasteiger charge is -2.10. The van der Waals surface area contributed by atoms with Gasteiger partial charge in [0.25, 0.3) is 5.56 Å². The summed E-state index contributed by atoms with van der Waals surface area (Å²) in [5.74, 6) is -0.238. The molecular weight excluding hydrogens is 458 g/mol. The number of amides is 1. The number of H-pyrrole nitrogens is 1. The predicted octanol–water partition coefficient (Wildman–Crippen LogP) is 4.29. The van der Waals surface area contributed by atoms with Crippen molar-refractivity contribution in [1.29, 1.82) is 0 Å². The Hall–Kier alpha value is -2.91. The number of sulfone groups is 1. The Morgan fingerprint density at radius 3 is 2.52 bits per heavy atom. The van der Waals surface area contributed by atoms with Crippen molar-refractivity contribution in [2.24, 2.45) is 0 Å². The maximum atomic E-state index is 12.9. The zero-order chi connectivity index (χ0) is 24.0. The molecule has 9 heteroatoms. The van der Waals surface area contributed by atoms with E-state index in [0.29, 0.717) is 0 Å². The molecule has 1 amide bonds. The first-order valence-electron chi connectivity index (χ1n) is 10.6. The van der Waals surface area contributed by atoms with E-state index >= 15 is 0 Å². The van der Waals surface area contributed by atoms with Crippen molar-refractivity contribution < 1.29 is 13.2 Å². The highest BCUT2D eigenvalue weighted by Crippen LogP contribution is 2.21. The third kappa shape index (κ3) is 6.11. The van der Waals surface area contributed by atoms with Crippen LogP contribution in [0.15, 0.2) is 68.4 Å². The largest absolute Gasteiger partial charge is 0.325 e. The number of carbonyl (C=O) groups excluding carboxylic acids is 1. The molecule has 0 aliphatic carbocycles. The number of carbonyl (C=O) groups is 1. The van der Waals surface area contributed by atoms with Crippen molar-refractivity contribution in [3.8, 4) is 0 Å². The van der Waals surface area contributed by atoms with Crippen LogP contribution in [0.25, 0.3) is 0 Å². The zero-order valence-corrected chi connectivity index (χ0v) is 20.5. The van der Waals surface area contributed by atoms with Crippen molar-refractivity contribution in [1.82, 2.24) is 9.97 Å². The van der Waals surface area contributed by atoms with Gasteiger partial charge in [0.05, 0.1) is 16.8 Å². The molecule has 0 unspecified atom stereocenters. The molecule has 33 heavy (non-hydrogen) atoms. The van der Waals surface area contributed by atoms with Gasteiger partial charge in [0.1, 0.15) is 0 Å². The lowest BCUT2D eigenvalue weighted by molar-refractivity contribution is -0.113. The summed E-state index contributed by atoms with van der Waals surface area (Å²) in [5.41, 5.74) is 3.06. The number of aromatic nitrogens is 2. The summed E-state index contributed by atoms with van der Waals surface area (Å²) in [5, 5.41) is 3.01. The van der Waals surface area contributed by atoms with Crippen molar-refractivity contribution in [2.75, 3.05) is 11.1 Å². The van der Waals surface area contributed by atoms with E-state index in [1.54, 1.807) is 12.1 Å². The lowest BCUT2D eigenvalue weighted by Crippen LogP contribution is -2.20. The fourth-order valence-electron chi connectivity index (χ4n) is 3.18. The Bertz CT molecular complexity index is 1300. The molecule has 3 aromatic rings. The van der Waals surface area contributed by atoms with Gasteiger partial charge in [0.15, 0.2) is 10.1 Å². The first-order chi connectivity index (χ1) is 15.7. The van der Waals surface area contributed by atoms with Gasteiger partial charge in [-0.3, -0.25) is 9.59 Å². The Morgan fingerprint density at radius 2 is 1.85 bits per heavy atom. The number of aromatic amines is 1. The molecule has 0 saturated heterocycles. The zero-order valence-electron chi connectivity index (χ0n) is 18.8. The molecular formula is C24H27N3O4S2. The van der Waals surface area contributed by atoms with Crippen LogP contribution in [-0.4, -0.2) is 30.0 Å². The quantitative estimate of drug-likeness (QED) is 0.346. The topological polar surface area (TPSA) is 109 Å². The average molecular weight is 486 g/mol. The Morgan fingerprint density at radius 1 is 1.12 bits per heavy atom. The highest BCUT2D eigenvalue weighted by atomic mass is 32.2. The molecule has 1 heterocycles. The van der Waals surface area contributed by atoms with Crippen molar-refractivity contribution in [2.45, 2.75) is 55.0 Å². The second-order valence-corrected chi connectivity index (χ2v) is 10.6. The lowest BCUT2D eigenvalue weighted by atomic mass is 10.1. The SMILES string of the molecule is CCCCc1ccc(S(=O)(=O)c2cnc(SCC(=O)Nc3cccc(C)c3C)[nH]c2=O)cc1. The van der Waals surface area contributed by atoms with E-state index < -0.39 is 20.3 Å². The highest BCUT2D eigenvalue weighted by Gasteiger charge is 2.22. The molecule has 1 aromatic heterocycles. The van der Waals surface area contributed by atoms with E-state index in [-0.39, 0.29) is 21.7 Å². The van der Waals surface area contributed by atoms with Gasteiger partial charge < -0.3 is 10.3 Å². The maximum Gasteiger partial charge on any atom is 0.270 e. The third-order valence-corrected chi connectivity index (χ3v) is 7.95. The number of nitrogens with one attached hydrogen (secondary N) is 2. The van der Waals surface area contributed by atoms with Crippen LogP contribution in [-0.2, 0) is 21.1 Å². The summed E-state index contributed by atoms with van der Waals surface area (Å²) in [7, 11) is -4.00. The van der Waals surface area contributed by atoms with Crippen LogP contribution < -0.4 is 10.9 Å². The van der Waals surface area contributed by atoms with Crippen LogP contribution in [0.2, 0.25) is 0 Å². The van der Waals surface area contributed by atoms with Crippen LogP contribution in [0.5, 0.6) is 0 Å². The normalized spacial score (nSPS) is 11.4. The first kappa shape index (κ1) is 24.7. The number of thioether (sulfide) groups is 1. The smallest absolute Gasteiger partial charge is 0.270 e. The third-order valence-electron chi connectivity index (χ3n) is 5.30. The Balaban J connectivity index is 1.68. The van der Waals surface area contributed by atoms with Gasteiger partial charge in [-0.05, 0) is 61.6 Å². The van der Waals surface area contributed by atoms with E-state index in [1.807, 2.05) is 32.0 Å². The Labute approximate surface area is 198 Å². The number of nitrogens with zero attached hydrogens (tertiary/aromatic N) is 1. The van der Waals surface area contributed by atoms with E-state index in [1.165, 1.54) is 12.1 Å². The number of anilines is 1. The second kappa shape index (κ2) is 10.8. The molecule has 0 aliphatic rings. The number of benzene rings is 2. The van der Waals surface area contributed by atoms with Crippen molar-refractivity contribution >= 4 is 33.2 Å². The predicted molar refractivity (Wildman–Crippen MR) is 131 cm³/mol. The van der Waals surface area contributed by atoms with Crippen LogP contribution in [0.1, 0.15) is 36.5 Å². The molecule has 174 valence electrons. The minimum Gasteiger partial charge on any atom is -0.325 e. The molecule has 3 rings (SSSR count). The number of rotatable bonds is 9. The minimum atomic E-state index is -4.00. The number of unbranched alkanes of at least 4 members (excludes halogenated alkanes) is 1. The number of hydrogen-bond donors (Lipinski definition) is 2. The summed E-state index contributed by atoms with van der Waals surface area (Å²) in [6.45, 7) is 5.98. The second-order valence-electron chi connectivity index (χ2n) is 7.72. The highest BCUT2D eigenvalue weighted by molar-refractivity contribution is 7.99. The van der Waals surface area contributed by atoms with Crippen LogP contribution in [0.3, 0.4) is 0 Å². The van der Waals surface area contributed by atoms with Gasteiger partial charge in [-0.25, -0.2) is 13.4 Å². The maximum absolute atomic E-state index is 12.9. The Kier molecular flexibility index (Phi) is 8.10. The molecule has 0 fully saturated rings. The van der Waals surface area contributed by atoms with E-state index in [2.05, 4.69) is 22.2 Å². The summed E-state index contributed by atoms with van der Waals surface area (Å²) in [4.78, 5) is 30.9. The van der Waals surface area contributed by atoms with E-state index in [9.17, 15) is 18.0 Å². The van der Waals surface area contributed by atoms with Crippen LogP contribution in [0, 0.1) is 13.8 Å². The standard InChI is InChI=1S/C24H27N3O4S2/c1-4-5-8-18-10-12-19(13-11-18)33(30,31)21-14-25-24(27-23(21)29)32-15-22(28)26-20-9-6-7-16(2)17(20)3/h6-7,9-14H,4-5,8,15H2,1-3H3,(H,26,28)(H,25,27,29). The number of hydrogen-bond acceptors (Lipinski definition) is 6. The summed E-state index contributed by atoms with van der Waals surface area (Å²) >= 11 is 1.02. The van der Waals surface area contributed by atoms with Crippen molar-refractivity contribution in [3.05, 3.63) is 75.7 Å². The van der Waals surface area contributed by atoms with Crippen LogP contribution >= 0.6 is 11.8 Å². The van der Waals surface area contributed by atoms with E-state index in [4.69, 9.17) is 0 Å². The monoisotopic (exact) mass is 485 g/mol. The minimum absolute atomic E-state index is 0.0155. The fraction of sp³-hybridized carbons (Fsp3) is 0.292. The van der Waals surface area contributed by atoms with Gasteiger partial charge in [-0.1, -0.05) is 49.4 Å². The molecule has 0 bridgehead atoms. The molecule has 0 spiro atoms. The van der Waals surface area contributed by atoms with E-state index in [0.717, 1.165) is 59.6 Å². The average Bonchev–Trinajstić information content (AvgIpc) is 2.79. The van der Waals surface area contributed by atoms with Gasteiger partial charge in [-0.15, -0.1) is 0 Å². The first-order valence-corrected chi connectivity index (χ1v) is 13.1. The molecule has 7 nitrogen and oxygen atoms in total. The molecule has 0 saturated carbocycles.